The van der Waals surface area contributed by atoms with Crippen LogP contribution in [0.5, 0.6) is 0 Å². The van der Waals surface area contributed by atoms with Crippen molar-refractivity contribution < 1.29 is 18.7 Å². The first-order valence-corrected chi connectivity index (χ1v) is 9.77. The number of aromatic nitrogens is 2. The van der Waals surface area contributed by atoms with E-state index < -0.39 is 6.10 Å². The quantitative estimate of drug-likeness (QED) is 0.805. The van der Waals surface area contributed by atoms with E-state index in [2.05, 4.69) is 10.2 Å². The summed E-state index contributed by atoms with van der Waals surface area (Å²) in [5.74, 6) is -0.511. The fraction of sp³-hybridized carbons (Fsp3) is 0.476. The molecule has 1 aromatic carbocycles. The van der Waals surface area contributed by atoms with Crippen LogP contribution in [0.25, 0.3) is 0 Å². The number of halogens is 1. The number of nitrogens with zero attached hydrogens (tertiary/aromatic N) is 3. The molecule has 1 fully saturated rings. The molecule has 2 aromatic rings. The highest BCUT2D eigenvalue weighted by Gasteiger charge is 2.32. The minimum atomic E-state index is -0.427. The number of nitrogens with one attached hydrogen (secondary N) is 1. The highest BCUT2D eigenvalue weighted by molar-refractivity contribution is 5.95. The van der Waals surface area contributed by atoms with Crippen molar-refractivity contribution in [2.75, 3.05) is 26.2 Å². The fourth-order valence-electron chi connectivity index (χ4n) is 3.37. The van der Waals surface area contributed by atoms with Crippen molar-refractivity contribution in [3.63, 3.8) is 0 Å². The van der Waals surface area contributed by atoms with Crippen molar-refractivity contribution in [3.8, 4) is 0 Å². The first kappa shape index (κ1) is 21.0. The van der Waals surface area contributed by atoms with Crippen LogP contribution in [0.4, 0.5) is 4.39 Å². The van der Waals surface area contributed by atoms with Crippen LogP contribution >= 0.6 is 0 Å². The van der Waals surface area contributed by atoms with Gasteiger partial charge in [-0.2, -0.15) is 5.10 Å². The lowest BCUT2D eigenvalue weighted by Gasteiger charge is -2.26. The molecule has 0 radical (unpaired) electrons. The lowest BCUT2D eigenvalue weighted by molar-refractivity contribution is -0.132. The molecule has 1 aliphatic heterocycles. The van der Waals surface area contributed by atoms with Gasteiger partial charge < -0.3 is 14.5 Å². The van der Waals surface area contributed by atoms with Gasteiger partial charge in [0.1, 0.15) is 18.1 Å². The third-order valence-electron chi connectivity index (χ3n) is 4.76. The summed E-state index contributed by atoms with van der Waals surface area (Å²) in [4.78, 5) is 28.8. The van der Waals surface area contributed by atoms with Crippen LogP contribution in [0.15, 0.2) is 30.3 Å². The molecular weight excluding hydrogens is 375 g/mol. The largest absolute Gasteiger partial charge is 0.370 e. The summed E-state index contributed by atoms with van der Waals surface area (Å²) < 4.78 is 19.9. The molecule has 1 aliphatic rings. The summed E-state index contributed by atoms with van der Waals surface area (Å²) >= 11 is 0. The molecule has 1 atom stereocenters. The number of carbonyl (C=O) groups excluding carboxylic acids is 2. The summed E-state index contributed by atoms with van der Waals surface area (Å²) in [6.45, 7) is 7.07. The van der Waals surface area contributed by atoms with Crippen molar-refractivity contribution in [1.29, 1.82) is 0 Å². The SMILES string of the molecule is Cc1cc(C(=O)N2CC(=O)N(CC(C)C)CC(OCc3ccccc3F)C2)n[nH]1. The third kappa shape index (κ3) is 5.41. The van der Waals surface area contributed by atoms with E-state index in [0.29, 0.717) is 18.7 Å². The predicted octanol–water partition coefficient (Wildman–Crippen LogP) is 2.38. The molecule has 2 amide bonds. The number of ether oxygens (including phenoxy) is 1. The number of aryl methyl sites for hydroxylation is 1. The molecule has 29 heavy (non-hydrogen) atoms. The van der Waals surface area contributed by atoms with Gasteiger partial charge in [-0.1, -0.05) is 32.0 Å². The predicted molar refractivity (Wildman–Crippen MR) is 106 cm³/mol. The normalized spacial score (nSPS) is 17.7. The van der Waals surface area contributed by atoms with Gasteiger partial charge in [0.15, 0.2) is 0 Å². The summed E-state index contributed by atoms with van der Waals surface area (Å²) in [5, 5.41) is 6.76. The maximum absolute atomic E-state index is 13.9. The Hall–Kier alpha value is -2.74. The van der Waals surface area contributed by atoms with Gasteiger partial charge in [0, 0.05) is 30.9 Å². The van der Waals surface area contributed by atoms with Crippen molar-refractivity contribution in [2.45, 2.75) is 33.5 Å². The zero-order valence-electron chi connectivity index (χ0n) is 17.0. The molecule has 0 spiro atoms. The van der Waals surface area contributed by atoms with E-state index in [1.165, 1.54) is 11.0 Å². The minimum absolute atomic E-state index is 0.0307. The molecule has 0 aliphatic carbocycles. The smallest absolute Gasteiger partial charge is 0.274 e. The zero-order valence-corrected chi connectivity index (χ0v) is 17.0. The van der Waals surface area contributed by atoms with Gasteiger partial charge in [-0.25, -0.2) is 4.39 Å². The topological polar surface area (TPSA) is 78.5 Å². The summed E-state index contributed by atoms with van der Waals surface area (Å²) in [6.07, 6.45) is -0.427. The van der Waals surface area contributed by atoms with Gasteiger partial charge in [-0.05, 0) is 25.0 Å². The second kappa shape index (κ2) is 9.17. The second-order valence-electron chi connectivity index (χ2n) is 7.84. The Morgan fingerprint density at radius 2 is 2.10 bits per heavy atom. The molecule has 8 heteroatoms. The summed E-state index contributed by atoms with van der Waals surface area (Å²) in [5.41, 5.74) is 1.48. The van der Waals surface area contributed by atoms with E-state index in [1.54, 1.807) is 29.2 Å². The van der Waals surface area contributed by atoms with Crippen molar-refractivity contribution >= 4 is 11.8 Å². The molecule has 1 N–H and O–H groups in total. The highest BCUT2D eigenvalue weighted by Crippen LogP contribution is 2.16. The van der Waals surface area contributed by atoms with E-state index in [0.717, 1.165) is 5.69 Å². The van der Waals surface area contributed by atoms with Crippen LogP contribution in [0, 0.1) is 18.7 Å². The number of hydrogen-bond acceptors (Lipinski definition) is 4. The summed E-state index contributed by atoms with van der Waals surface area (Å²) in [6, 6.07) is 8.08. The molecule has 1 saturated heterocycles. The van der Waals surface area contributed by atoms with Crippen LogP contribution < -0.4 is 0 Å². The lowest BCUT2D eigenvalue weighted by atomic mass is 10.2. The molecule has 156 valence electrons. The number of amides is 2. The first-order chi connectivity index (χ1) is 13.8. The minimum Gasteiger partial charge on any atom is -0.370 e. The maximum atomic E-state index is 13.9. The average Bonchev–Trinajstić information content (AvgIpc) is 3.04. The van der Waals surface area contributed by atoms with Crippen LogP contribution in [0.2, 0.25) is 0 Å². The number of rotatable bonds is 6. The number of carbonyl (C=O) groups is 2. The van der Waals surface area contributed by atoms with E-state index in [1.807, 2.05) is 20.8 Å². The molecular formula is C21H27FN4O3. The molecule has 1 aromatic heterocycles. The Labute approximate surface area is 169 Å². The Balaban J connectivity index is 1.77. The van der Waals surface area contributed by atoms with Crippen molar-refractivity contribution in [2.24, 2.45) is 5.92 Å². The number of aromatic amines is 1. The molecule has 0 saturated carbocycles. The van der Waals surface area contributed by atoms with E-state index in [9.17, 15) is 14.0 Å². The van der Waals surface area contributed by atoms with E-state index >= 15 is 0 Å². The summed E-state index contributed by atoms with van der Waals surface area (Å²) in [7, 11) is 0. The molecule has 3 rings (SSSR count). The van der Waals surface area contributed by atoms with Gasteiger partial charge in [0.2, 0.25) is 5.91 Å². The molecule has 7 nitrogen and oxygen atoms in total. The molecule has 2 heterocycles. The Bertz CT molecular complexity index is 867. The number of H-pyrrole nitrogens is 1. The van der Waals surface area contributed by atoms with Gasteiger partial charge in [-0.15, -0.1) is 0 Å². The monoisotopic (exact) mass is 402 g/mol. The fourth-order valence-corrected chi connectivity index (χ4v) is 3.37. The third-order valence-corrected chi connectivity index (χ3v) is 4.76. The van der Waals surface area contributed by atoms with Gasteiger partial charge in [-0.3, -0.25) is 14.7 Å². The van der Waals surface area contributed by atoms with Crippen LogP contribution in [0.1, 0.15) is 35.6 Å². The first-order valence-electron chi connectivity index (χ1n) is 9.77. The number of benzene rings is 1. The number of hydrogen-bond donors (Lipinski definition) is 1. The van der Waals surface area contributed by atoms with Crippen LogP contribution in [0.3, 0.4) is 0 Å². The van der Waals surface area contributed by atoms with Gasteiger partial charge in [0.25, 0.3) is 5.91 Å². The maximum Gasteiger partial charge on any atom is 0.274 e. The zero-order chi connectivity index (χ0) is 21.0. The second-order valence-corrected chi connectivity index (χ2v) is 7.84. The lowest BCUT2D eigenvalue weighted by Crippen LogP contribution is -2.40. The standard InChI is InChI=1S/C21H27FN4O3/c1-14(2)9-25-10-17(29-13-16-6-4-5-7-18(16)22)11-26(12-20(25)27)21(28)19-8-15(3)23-24-19/h4-8,14,17H,9-13H2,1-3H3,(H,23,24). The Morgan fingerprint density at radius 3 is 2.76 bits per heavy atom. The van der Waals surface area contributed by atoms with Crippen LogP contribution in [-0.2, 0) is 16.1 Å². The Morgan fingerprint density at radius 1 is 1.34 bits per heavy atom. The molecule has 0 bridgehead atoms. The van der Waals surface area contributed by atoms with Gasteiger partial charge in [0.05, 0.1) is 12.7 Å². The average molecular weight is 402 g/mol. The highest BCUT2D eigenvalue weighted by atomic mass is 19.1. The molecule has 1 unspecified atom stereocenters. The van der Waals surface area contributed by atoms with Crippen molar-refractivity contribution in [1.82, 2.24) is 20.0 Å². The van der Waals surface area contributed by atoms with Crippen LogP contribution in [-0.4, -0.2) is 64.1 Å². The Kier molecular flexibility index (Phi) is 6.64. The van der Waals surface area contributed by atoms with Gasteiger partial charge >= 0.3 is 0 Å². The van der Waals surface area contributed by atoms with Crippen molar-refractivity contribution in [3.05, 3.63) is 53.1 Å². The van der Waals surface area contributed by atoms with E-state index in [-0.39, 0.29) is 48.9 Å². The van der Waals surface area contributed by atoms with E-state index in [4.69, 9.17) is 4.74 Å².